The minimum absolute atomic E-state index is 0.168. The van der Waals surface area contributed by atoms with Gasteiger partial charge in [-0.1, -0.05) is 6.42 Å². The van der Waals surface area contributed by atoms with Gasteiger partial charge < -0.3 is 9.80 Å². The van der Waals surface area contributed by atoms with Gasteiger partial charge in [-0.05, 0) is 25.7 Å². The molecule has 0 N–H and O–H groups in total. The number of carbonyl (C=O) groups is 1. The number of anilines is 1. The molecule has 5 rings (SSSR count). The third-order valence-electron chi connectivity index (χ3n) is 7.58. The number of piperazine rings is 1. The third-order valence-corrected chi connectivity index (χ3v) is 7.58. The third kappa shape index (κ3) is 4.53. The van der Waals surface area contributed by atoms with Gasteiger partial charge in [-0.3, -0.25) is 14.6 Å². The van der Waals surface area contributed by atoms with Crippen molar-refractivity contribution in [2.24, 2.45) is 5.92 Å². The SMILES string of the molecule is N#CC1CCN(c2ncc3c(n2)CCN(CC(=O)N2CCN(C4CCC4)CC2)C3)CC1. The first-order chi connectivity index (χ1) is 15.2. The maximum atomic E-state index is 12.9. The molecule has 1 aliphatic carbocycles. The molecule has 8 heteroatoms. The van der Waals surface area contributed by atoms with Crippen molar-refractivity contribution in [3.05, 3.63) is 17.5 Å². The average molecular weight is 424 g/mol. The molecule has 1 amide bonds. The van der Waals surface area contributed by atoms with Crippen LogP contribution in [0, 0.1) is 17.2 Å². The van der Waals surface area contributed by atoms with E-state index in [4.69, 9.17) is 10.2 Å². The fourth-order valence-electron chi connectivity index (χ4n) is 5.24. The summed E-state index contributed by atoms with van der Waals surface area (Å²) in [7, 11) is 0. The van der Waals surface area contributed by atoms with E-state index in [1.807, 2.05) is 6.20 Å². The van der Waals surface area contributed by atoms with Crippen molar-refractivity contribution >= 4 is 11.9 Å². The molecular formula is C23H33N7O. The molecule has 1 aromatic heterocycles. The summed E-state index contributed by atoms with van der Waals surface area (Å²) < 4.78 is 0. The van der Waals surface area contributed by atoms with Gasteiger partial charge in [0.05, 0.1) is 18.3 Å². The molecule has 1 aromatic rings. The van der Waals surface area contributed by atoms with E-state index in [0.29, 0.717) is 6.54 Å². The van der Waals surface area contributed by atoms with Crippen LogP contribution in [0.2, 0.25) is 0 Å². The first-order valence-corrected chi connectivity index (χ1v) is 11.9. The molecule has 0 spiro atoms. The summed E-state index contributed by atoms with van der Waals surface area (Å²) in [6.45, 7) is 7.61. The Kier molecular flexibility index (Phi) is 6.06. The molecule has 2 saturated heterocycles. The number of piperidine rings is 1. The Balaban J connectivity index is 1.12. The quantitative estimate of drug-likeness (QED) is 0.722. The summed E-state index contributed by atoms with van der Waals surface area (Å²) >= 11 is 0. The number of hydrogen-bond acceptors (Lipinski definition) is 7. The molecule has 31 heavy (non-hydrogen) atoms. The molecule has 0 aromatic carbocycles. The van der Waals surface area contributed by atoms with E-state index in [1.54, 1.807) is 0 Å². The predicted molar refractivity (Wildman–Crippen MR) is 117 cm³/mol. The summed E-state index contributed by atoms with van der Waals surface area (Å²) in [4.78, 5) is 31.4. The highest BCUT2D eigenvalue weighted by Crippen LogP contribution is 2.26. The zero-order valence-electron chi connectivity index (χ0n) is 18.4. The van der Waals surface area contributed by atoms with E-state index < -0.39 is 0 Å². The van der Waals surface area contributed by atoms with Crippen LogP contribution in [0.3, 0.4) is 0 Å². The zero-order chi connectivity index (χ0) is 21.2. The number of amides is 1. The van der Waals surface area contributed by atoms with Gasteiger partial charge in [0, 0.05) is 82.5 Å². The maximum Gasteiger partial charge on any atom is 0.236 e. The van der Waals surface area contributed by atoms with E-state index in [9.17, 15) is 4.79 Å². The minimum atomic E-state index is 0.168. The first kappa shape index (κ1) is 20.7. The highest BCUT2D eigenvalue weighted by atomic mass is 16.2. The number of carbonyl (C=O) groups excluding carboxylic acids is 1. The molecule has 0 unspecified atom stereocenters. The highest BCUT2D eigenvalue weighted by molar-refractivity contribution is 5.78. The van der Waals surface area contributed by atoms with Gasteiger partial charge in [0.25, 0.3) is 0 Å². The van der Waals surface area contributed by atoms with Crippen LogP contribution in [0.5, 0.6) is 0 Å². The van der Waals surface area contributed by atoms with Gasteiger partial charge in [-0.25, -0.2) is 9.97 Å². The average Bonchev–Trinajstić information content (AvgIpc) is 2.78. The second-order valence-corrected chi connectivity index (χ2v) is 9.49. The van der Waals surface area contributed by atoms with Crippen LogP contribution in [0.4, 0.5) is 5.95 Å². The Labute approximate surface area is 184 Å². The molecule has 166 valence electrons. The molecule has 0 radical (unpaired) electrons. The van der Waals surface area contributed by atoms with Crippen molar-refractivity contribution in [1.82, 2.24) is 24.7 Å². The largest absolute Gasteiger partial charge is 0.341 e. The van der Waals surface area contributed by atoms with E-state index in [0.717, 1.165) is 94.9 Å². The molecule has 1 saturated carbocycles. The number of rotatable bonds is 4. The maximum absolute atomic E-state index is 12.9. The zero-order valence-corrected chi connectivity index (χ0v) is 18.4. The van der Waals surface area contributed by atoms with Crippen molar-refractivity contribution in [2.75, 3.05) is 57.3 Å². The predicted octanol–water partition coefficient (Wildman–Crippen LogP) is 1.27. The van der Waals surface area contributed by atoms with E-state index in [1.165, 1.54) is 19.3 Å². The van der Waals surface area contributed by atoms with E-state index in [2.05, 4.69) is 30.7 Å². The lowest BCUT2D eigenvalue weighted by atomic mass is 9.91. The first-order valence-electron chi connectivity index (χ1n) is 11.9. The van der Waals surface area contributed by atoms with Crippen molar-refractivity contribution < 1.29 is 4.79 Å². The second-order valence-electron chi connectivity index (χ2n) is 9.49. The number of fused-ring (bicyclic) bond motifs is 1. The summed E-state index contributed by atoms with van der Waals surface area (Å²) in [5, 5.41) is 9.09. The van der Waals surface area contributed by atoms with Crippen molar-refractivity contribution in [3.63, 3.8) is 0 Å². The van der Waals surface area contributed by atoms with Gasteiger partial charge in [-0.15, -0.1) is 0 Å². The van der Waals surface area contributed by atoms with Crippen LogP contribution >= 0.6 is 0 Å². The Morgan fingerprint density at radius 1 is 1.06 bits per heavy atom. The molecule has 4 heterocycles. The molecular weight excluding hydrogens is 390 g/mol. The van der Waals surface area contributed by atoms with Crippen LogP contribution < -0.4 is 4.90 Å². The van der Waals surface area contributed by atoms with E-state index >= 15 is 0 Å². The molecule has 8 nitrogen and oxygen atoms in total. The van der Waals surface area contributed by atoms with Crippen LogP contribution in [0.1, 0.15) is 43.4 Å². The standard InChI is InChI=1S/C23H33N7O/c24-14-18-4-8-30(9-5-18)23-25-15-19-16-27(7-6-21(19)26-23)17-22(31)29-12-10-28(11-13-29)20-2-1-3-20/h15,18,20H,1-13,16-17H2. The fraction of sp³-hybridized carbons (Fsp3) is 0.739. The summed E-state index contributed by atoms with van der Waals surface area (Å²) in [5.41, 5.74) is 2.26. The van der Waals surface area contributed by atoms with Crippen LogP contribution in [0.25, 0.3) is 0 Å². The van der Waals surface area contributed by atoms with Crippen LogP contribution in [-0.2, 0) is 17.8 Å². The number of aromatic nitrogens is 2. The van der Waals surface area contributed by atoms with E-state index in [-0.39, 0.29) is 11.8 Å². The summed E-state index contributed by atoms with van der Waals surface area (Å²) in [5.74, 6) is 1.22. The second kappa shape index (κ2) is 9.09. The number of nitrogens with zero attached hydrogens (tertiary/aromatic N) is 7. The number of nitriles is 1. The lowest BCUT2D eigenvalue weighted by Crippen LogP contribution is -2.55. The van der Waals surface area contributed by atoms with Gasteiger partial charge in [0.1, 0.15) is 0 Å². The van der Waals surface area contributed by atoms with Gasteiger partial charge in [-0.2, -0.15) is 5.26 Å². The Morgan fingerprint density at radius 3 is 2.52 bits per heavy atom. The lowest BCUT2D eigenvalue weighted by Gasteiger charge is -2.43. The van der Waals surface area contributed by atoms with Crippen molar-refractivity contribution in [1.29, 1.82) is 5.26 Å². The summed E-state index contributed by atoms with van der Waals surface area (Å²) in [6, 6.07) is 3.15. The monoisotopic (exact) mass is 423 g/mol. The van der Waals surface area contributed by atoms with Gasteiger partial charge >= 0.3 is 0 Å². The van der Waals surface area contributed by atoms with Crippen molar-refractivity contribution in [3.8, 4) is 6.07 Å². The lowest BCUT2D eigenvalue weighted by molar-refractivity contribution is -0.135. The Bertz CT molecular complexity index is 833. The Hall–Kier alpha value is -2.24. The highest BCUT2D eigenvalue weighted by Gasteiger charge is 2.30. The molecule has 3 aliphatic heterocycles. The minimum Gasteiger partial charge on any atom is -0.341 e. The topological polar surface area (TPSA) is 79.6 Å². The van der Waals surface area contributed by atoms with Crippen LogP contribution in [-0.4, -0.2) is 89.0 Å². The Morgan fingerprint density at radius 2 is 1.84 bits per heavy atom. The molecule has 4 aliphatic rings. The fourth-order valence-corrected chi connectivity index (χ4v) is 5.24. The van der Waals surface area contributed by atoms with Crippen LogP contribution in [0.15, 0.2) is 6.20 Å². The normalized spacial score (nSPS) is 23.8. The molecule has 3 fully saturated rings. The van der Waals surface area contributed by atoms with Crippen molar-refractivity contribution in [2.45, 2.75) is 51.1 Å². The van der Waals surface area contributed by atoms with Gasteiger partial charge in [0.15, 0.2) is 0 Å². The summed E-state index contributed by atoms with van der Waals surface area (Å²) in [6.07, 6.45) is 8.63. The smallest absolute Gasteiger partial charge is 0.236 e. The molecule has 0 atom stereocenters. The van der Waals surface area contributed by atoms with Gasteiger partial charge in [0.2, 0.25) is 11.9 Å². The number of hydrogen-bond donors (Lipinski definition) is 0. The molecule has 0 bridgehead atoms.